The molecule has 0 unspecified atom stereocenters. The van der Waals surface area contributed by atoms with Crippen molar-refractivity contribution >= 4 is 64.6 Å². The van der Waals surface area contributed by atoms with Crippen LogP contribution in [0.2, 0.25) is 0 Å². The predicted molar refractivity (Wildman–Crippen MR) is 401 cm³/mol. The Bertz CT molecular complexity index is 3820. The Labute approximate surface area is 647 Å². The van der Waals surface area contributed by atoms with E-state index in [4.69, 9.17) is 43.9 Å². The summed E-state index contributed by atoms with van der Waals surface area (Å²) in [5.74, 6) is 0.308. The number of hydroxylamine groups is 2. The first-order chi connectivity index (χ1) is 51.8. The van der Waals surface area contributed by atoms with Gasteiger partial charge >= 0.3 is 11.9 Å². The van der Waals surface area contributed by atoms with Crippen LogP contribution in [0.5, 0.6) is 0 Å². The molecule has 0 spiro atoms. The first-order valence-electron chi connectivity index (χ1n) is 38.5. The number of hydrogen-bond donors (Lipinski definition) is 14. The lowest BCUT2D eigenvalue weighted by molar-refractivity contribution is -0.138. The molecule has 0 radical (unpaired) electrons. The van der Waals surface area contributed by atoms with Crippen LogP contribution in [-0.2, 0) is 86.2 Å². The Morgan fingerprint density at radius 3 is 0.827 bits per heavy atom. The van der Waals surface area contributed by atoms with Gasteiger partial charge in [-0.3, -0.25) is 29.6 Å². The maximum atomic E-state index is 12.0. The first kappa shape index (κ1) is 94.4. The topological polar surface area (TPSA) is 590 Å². The number of nitrogens with one attached hydrogen (secondary N) is 8. The number of nitrogens with two attached hydrogens (primary N) is 2. The van der Waals surface area contributed by atoms with E-state index in [2.05, 4.69) is 68.9 Å². The molecule has 4 aliphatic rings. The van der Waals surface area contributed by atoms with E-state index < -0.39 is 75.7 Å². The largest absolute Gasteiger partial charge is 0.481 e. The molecule has 4 heterocycles. The van der Waals surface area contributed by atoms with Crippen LogP contribution < -0.4 is 49.6 Å². The average Bonchev–Trinajstić information content (AvgIpc) is 1.71. The Kier molecular flexibility index (Phi) is 40.8. The van der Waals surface area contributed by atoms with Gasteiger partial charge in [0.15, 0.2) is 23.3 Å². The number of amides is 2. The summed E-state index contributed by atoms with van der Waals surface area (Å²) in [6, 6.07) is 0. The van der Waals surface area contributed by atoms with Gasteiger partial charge in [-0.15, -0.1) is 0 Å². The van der Waals surface area contributed by atoms with E-state index in [1.807, 2.05) is 0 Å². The van der Waals surface area contributed by atoms with Crippen molar-refractivity contribution in [1.82, 2.24) is 79.9 Å². The van der Waals surface area contributed by atoms with Crippen molar-refractivity contribution in [3.63, 3.8) is 0 Å². The fourth-order valence-electron chi connectivity index (χ4n) is 14.3. The molecule has 4 aromatic rings. The third-order valence-electron chi connectivity index (χ3n) is 19.4. The van der Waals surface area contributed by atoms with Gasteiger partial charge in [-0.2, -0.15) is 81.9 Å². The standard InChI is InChI=1S/C19H35N5O5S.C19H34N4O5S.C15H27N5O5S.C15H26N4O5S/c1-19(2,3)24-30(27,28)20-13-16-21-18(29-23-16)15(12-17(25)22-26)11-7-10-14-8-5-4-6-9-14;1-19(2,3)23-29(26,27)20-13-16-21-18(28-22-16)15(12-17(24)25)11-7-10-14-8-5-4-6-9-14;16-26(23,24)17-10-13-18-15(25-20-13)12(9-14(21)19-22)8-4-7-11-5-2-1-3-6-11;16-25(22,23)17-10-13-18-15(24-19-13)12(9-14(20)21)8-4-7-11-5-2-1-3-6-11/h14-15,20,24,26H,4-13H2,1-3H3,(H,22,25);14-15,20,23H,4-13H2,1-3H3,(H,24,25);11-12,17,22H,1-10H2,(H,19,21)(H2,16,23,24);11-12,17H,1-10H2,(H,20,21)(H2,16,22,23)/t2*15-;2*12-/m1111/s1. The second-order valence-electron chi connectivity index (χ2n) is 31.5. The quantitative estimate of drug-likeness (QED) is 0.0146. The zero-order valence-corrected chi connectivity index (χ0v) is 67.9. The molecule has 8 rings (SSSR count). The number of carboxylic acids is 2. The SMILES string of the molecule is CC(C)(C)NS(=O)(=O)NCc1noc([C@H](CCCC2CCCCC2)CC(=O)NO)n1.CC(C)(C)NS(=O)(=O)NCc1noc([C@H](CCCC2CCCCC2)CC(=O)O)n1.NS(=O)(=O)NCc1noc([C@H](CCCC2CCCCC2)CC(=O)NO)n1.NS(=O)(=O)NCc1noc([C@H](CCCC2CCCCC2)CC(=O)O)n1. The van der Waals surface area contributed by atoms with Crippen molar-refractivity contribution in [3.05, 3.63) is 46.9 Å². The summed E-state index contributed by atoms with van der Waals surface area (Å²) in [6.07, 6.45) is 36.2. The van der Waals surface area contributed by atoms with E-state index >= 15 is 0 Å². The van der Waals surface area contributed by atoms with Crippen LogP contribution in [0.1, 0.15) is 343 Å². The fraction of sp³-hybridized carbons (Fsp3) is 0.824. The van der Waals surface area contributed by atoms with Crippen molar-refractivity contribution < 1.29 is 91.6 Å². The maximum Gasteiger partial charge on any atom is 0.304 e. The lowest BCUT2D eigenvalue weighted by Gasteiger charge is -2.22. The molecule has 0 aliphatic heterocycles. The van der Waals surface area contributed by atoms with E-state index in [-0.39, 0.29) is 122 Å². The minimum absolute atomic E-state index is 0.0193. The zero-order valence-electron chi connectivity index (χ0n) is 64.6. The van der Waals surface area contributed by atoms with Crippen LogP contribution >= 0.6 is 0 Å². The van der Waals surface area contributed by atoms with E-state index in [0.717, 1.165) is 75.0 Å². The number of carbonyl (C=O) groups excluding carboxylic acids is 2. The van der Waals surface area contributed by atoms with Gasteiger partial charge in [0.1, 0.15) is 0 Å². The van der Waals surface area contributed by atoms with Crippen molar-refractivity contribution in [1.29, 1.82) is 0 Å². The highest BCUT2D eigenvalue weighted by molar-refractivity contribution is 7.88. The van der Waals surface area contributed by atoms with Crippen molar-refractivity contribution in [2.24, 2.45) is 33.9 Å². The van der Waals surface area contributed by atoms with Crippen LogP contribution in [0.25, 0.3) is 0 Å². The summed E-state index contributed by atoms with van der Waals surface area (Å²) in [4.78, 5) is 62.4. The van der Waals surface area contributed by atoms with E-state index in [1.54, 1.807) is 52.5 Å². The minimum atomic E-state index is -3.85. The predicted octanol–water partition coefficient (Wildman–Crippen LogP) is 8.39. The van der Waals surface area contributed by atoms with Gasteiger partial charge in [-0.25, -0.2) is 21.2 Å². The highest BCUT2D eigenvalue weighted by Gasteiger charge is 2.30. The lowest BCUT2D eigenvalue weighted by atomic mass is 9.84. The molecule has 4 saturated carbocycles. The minimum Gasteiger partial charge on any atom is -0.481 e. The van der Waals surface area contributed by atoms with Gasteiger partial charge in [-0.1, -0.05) is 200 Å². The molecular formula is C68H122N18O20S4. The van der Waals surface area contributed by atoms with Crippen LogP contribution in [0.4, 0.5) is 0 Å². The van der Waals surface area contributed by atoms with Gasteiger partial charge in [0.2, 0.25) is 35.4 Å². The molecule has 628 valence electrons. The third-order valence-corrected chi connectivity index (χ3v) is 23.3. The number of aliphatic carboxylic acids is 2. The molecule has 4 aromatic heterocycles. The van der Waals surface area contributed by atoms with Crippen molar-refractivity contribution in [2.75, 3.05) is 0 Å². The van der Waals surface area contributed by atoms with Gasteiger partial charge in [0, 0.05) is 47.6 Å². The van der Waals surface area contributed by atoms with Crippen LogP contribution in [-0.4, -0.2) is 130 Å². The molecule has 4 fully saturated rings. The third kappa shape index (κ3) is 41.6. The maximum absolute atomic E-state index is 12.0. The molecule has 38 nitrogen and oxygen atoms in total. The van der Waals surface area contributed by atoms with E-state index in [0.29, 0.717) is 25.7 Å². The number of hydrogen-bond acceptors (Lipinski definition) is 26. The Hall–Kier alpha value is -6.16. The molecule has 4 aliphatic carbocycles. The molecule has 0 bridgehead atoms. The number of aromatic nitrogens is 8. The molecule has 110 heavy (non-hydrogen) atoms. The van der Waals surface area contributed by atoms with Crippen molar-refractivity contribution in [2.45, 2.75) is 334 Å². The van der Waals surface area contributed by atoms with E-state index in [9.17, 15) is 58.0 Å². The molecule has 4 atom stereocenters. The summed E-state index contributed by atoms with van der Waals surface area (Å²) in [5, 5.41) is 60.8. The molecule has 16 N–H and O–H groups in total. The molecule has 0 saturated heterocycles. The Morgan fingerprint density at radius 1 is 0.391 bits per heavy atom. The number of rotatable bonds is 42. The summed E-state index contributed by atoms with van der Waals surface area (Å²) >= 11 is 0. The van der Waals surface area contributed by atoms with Crippen LogP contribution in [0, 0.1) is 23.7 Å². The second-order valence-corrected chi connectivity index (χ2v) is 37.2. The normalized spacial score (nSPS) is 17.3. The summed E-state index contributed by atoms with van der Waals surface area (Å²) < 4.78 is 126. The molecule has 2 amide bonds. The zero-order chi connectivity index (χ0) is 81.0. The molecular weight excluding hydrogens is 1520 g/mol. The van der Waals surface area contributed by atoms with Crippen LogP contribution in [0.15, 0.2) is 18.1 Å². The molecule has 42 heteroatoms. The van der Waals surface area contributed by atoms with Gasteiger partial charge in [-0.05, 0) is 90.9 Å². The second kappa shape index (κ2) is 47.5. The monoisotopic (exact) mass is 1640 g/mol. The van der Waals surface area contributed by atoms with Gasteiger partial charge in [0.25, 0.3) is 40.8 Å². The highest BCUT2D eigenvalue weighted by Crippen LogP contribution is 2.36. The van der Waals surface area contributed by atoms with Crippen LogP contribution in [0.3, 0.4) is 0 Å². The number of carbonyl (C=O) groups is 4. The van der Waals surface area contributed by atoms with Gasteiger partial charge in [0.05, 0.1) is 39.0 Å². The summed E-state index contributed by atoms with van der Waals surface area (Å²) in [5.41, 5.74) is 2.04. The van der Waals surface area contributed by atoms with E-state index in [1.165, 1.54) is 128 Å². The van der Waals surface area contributed by atoms with Gasteiger partial charge < -0.3 is 28.3 Å². The number of nitrogens with zero attached hydrogens (tertiary/aromatic N) is 8. The average molecular weight is 1640 g/mol. The Balaban J connectivity index is 0.000000263. The Morgan fingerprint density at radius 2 is 0.618 bits per heavy atom. The summed E-state index contributed by atoms with van der Waals surface area (Å²) in [6.45, 7) is 9.79. The smallest absolute Gasteiger partial charge is 0.304 e. The molecule has 0 aromatic carbocycles. The first-order valence-corrected chi connectivity index (χ1v) is 44.6. The van der Waals surface area contributed by atoms with Crippen molar-refractivity contribution in [3.8, 4) is 0 Å². The highest BCUT2D eigenvalue weighted by atomic mass is 32.2. The summed E-state index contributed by atoms with van der Waals surface area (Å²) in [7, 11) is -15.1. The lowest BCUT2D eigenvalue weighted by Crippen LogP contribution is -2.46. The fourth-order valence-corrected chi connectivity index (χ4v) is 17.3. The number of carboxylic acid groups (broad SMARTS) is 2.